The first-order valence-corrected chi connectivity index (χ1v) is 5.01. The summed E-state index contributed by atoms with van der Waals surface area (Å²) in [6.45, 7) is 9.06. The number of ether oxygens (including phenoxy) is 1. The summed E-state index contributed by atoms with van der Waals surface area (Å²) in [5.41, 5.74) is -0.249. The van der Waals surface area contributed by atoms with Gasteiger partial charge in [0.25, 0.3) is 0 Å². The van der Waals surface area contributed by atoms with E-state index < -0.39 is 0 Å². The van der Waals surface area contributed by atoms with E-state index >= 15 is 0 Å². The topological polar surface area (TPSA) is 29.5 Å². The van der Waals surface area contributed by atoms with Gasteiger partial charge in [-0.15, -0.1) is 0 Å². The van der Waals surface area contributed by atoms with Gasteiger partial charge in [0, 0.05) is 18.6 Å². The van der Waals surface area contributed by atoms with E-state index in [0.29, 0.717) is 13.2 Å². The van der Waals surface area contributed by atoms with Gasteiger partial charge in [-0.25, -0.2) is 0 Å². The molecule has 0 radical (unpaired) electrons. The van der Waals surface area contributed by atoms with Crippen LogP contribution in [0.2, 0.25) is 0 Å². The van der Waals surface area contributed by atoms with Gasteiger partial charge in [-0.3, -0.25) is 9.69 Å². The number of hydrogen-bond acceptors (Lipinski definition) is 3. The van der Waals surface area contributed by atoms with Crippen LogP contribution in [0.3, 0.4) is 0 Å². The highest BCUT2D eigenvalue weighted by Crippen LogP contribution is 2.15. The predicted octanol–water partition coefficient (Wildman–Crippen LogP) is 1.57. The summed E-state index contributed by atoms with van der Waals surface area (Å²) in [6, 6.07) is 0.284. The monoisotopic (exact) mass is 201 g/mol. The van der Waals surface area contributed by atoms with Crippen molar-refractivity contribution in [3.05, 3.63) is 0 Å². The Morgan fingerprint density at radius 3 is 2.29 bits per heavy atom. The molecule has 84 valence electrons. The number of ketones is 1. The van der Waals surface area contributed by atoms with E-state index in [0.717, 1.165) is 0 Å². The molecule has 1 unspecified atom stereocenters. The summed E-state index contributed by atoms with van der Waals surface area (Å²) in [6.07, 6.45) is 0. The van der Waals surface area contributed by atoms with Crippen molar-refractivity contribution in [2.75, 3.05) is 27.3 Å². The van der Waals surface area contributed by atoms with E-state index in [4.69, 9.17) is 4.74 Å². The summed E-state index contributed by atoms with van der Waals surface area (Å²) < 4.78 is 5.04. The van der Waals surface area contributed by atoms with E-state index in [2.05, 4.69) is 6.92 Å². The number of rotatable bonds is 5. The lowest BCUT2D eigenvalue weighted by atomic mass is 9.90. The van der Waals surface area contributed by atoms with Crippen molar-refractivity contribution in [2.45, 2.75) is 33.7 Å². The molecule has 0 amide bonds. The Balaban J connectivity index is 4.06. The van der Waals surface area contributed by atoms with Crippen LogP contribution in [0.25, 0.3) is 0 Å². The first kappa shape index (κ1) is 13.6. The third kappa shape index (κ3) is 4.72. The van der Waals surface area contributed by atoms with Gasteiger partial charge < -0.3 is 4.74 Å². The van der Waals surface area contributed by atoms with Crippen molar-refractivity contribution < 1.29 is 9.53 Å². The molecule has 0 aromatic carbocycles. The van der Waals surface area contributed by atoms with Gasteiger partial charge in [0.2, 0.25) is 0 Å². The lowest BCUT2D eigenvalue weighted by Crippen LogP contribution is -2.40. The zero-order chi connectivity index (χ0) is 11.4. The predicted molar refractivity (Wildman–Crippen MR) is 58.4 cm³/mol. The Morgan fingerprint density at radius 2 is 1.93 bits per heavy atom. The lowest BCUT2D eigenvalue weighted by molar-refractivity contribution is -0.127. The minimum atomic E-state index is -0.249. The molecule has 0 saturated heterocycles. The molecule has 1 atom stereocenters. The second-order valence-electron chi connectivity index (χ2n) is 4.89. The standard InChI is InChI=1S/C11H23NO2/c1-9(8-14-6)12(5)7-10(13)11(2,3)4/h9H,7-8H2,1-6H3. The second kappa shape index (κ2) is 5.47. The zero-order valence-corrected chi connectivity index (χ0v) is 10.3. The summed E-state index contributed by atoms with van der Waals surface area (Å²) >= 11 is 0. The van der Waals surface area contributed by atoms with Gasteiger partial charge in [0.15, 0.2) is 5.78 Å². The highest BCUT2D eigenvalue weighted by molar-refractivity contribution is 5.85. The highest BCUT2D eigenvalue weighted by Gasteiger charge is 2.23. The fourth-order valence-electron chi connectivity index (χ4n) is 0.988. The number of nitrogens with zero attached hydrogens (tertiary/aromatic N) is 1. The maximum absolute atomic E-state index is 11.7. The fourth-order valence-corrected chi connectivity index (χ4v) is 0.988. The smallest absolute Gasteiger partial charge is 0.152 e. The quantitative estimate of drug-likeness (QED) is 0.676. The SMILES string of the molecule is COCC(C)N(C)CC(=O)C(C)(C)C. The van der Waals surface area contributed by atoms with Gasteiger partial charge in [-0.05, 0) is 14.0 Å². The fraction of sp³-hybridized carbons (Fsp3) is 0.909. The first-order valence-electron chi connectivity index (χ1n) is 5.01. The summed E-state index contributed by atoms with van der Waals surface area (Å²) in [4.78, 5) is 13.7. The second-order valence-corrected chi connectivity index (χ2v) is 4.89. The molecule has 3 nitrogen and oxygen atoms in total. The first-order chi connectivity index (χ1) is 6.29. The Kier molecular flexibility index (Phi) is 5.31. The van der Waals surface area contributed by atoms with Crippen LogP contribution in [-0.2, 0) is 9.53 Å². The molecular formula is C11H23NO2. The highest BCUT2D eigenvalue weighted by atomic mass is 16.5. The van der Waals surface area contributed by atoms with Crippen LogP contribution in [0.1, 0.15) is 27.7 Å². The van der Waals surface area contributed by atoms with Gasteiger partial charge in [-0.1, -0.05) is 20.8 Å². The van der Waals surface area contributed by atoms with Crippen molar-refractivity contribution in [1.82, 2.24) is 4.90 Å². The molecule has 0 aromatic heterocycles. The van der Waals surface area contributed by atoms with Gasteiger partial charge in [0.1, 0.15) is 0 Å². The molecule has 0 saturated carbocycles. The van der Waals surface area contributed by atoms with E-state index in [9.17, 15) is 4.79 Å². The molecule has 0 bridgehead atoms. The van der Waals surface area contributed by atoms with Gasteiger partial charge >= 0.3 is 0 Å². The maximum atomic E-state index is 11.7. The average Bonchev–Trinajstić information content (AvgIpc) is 2.02. The van der Waals surface area contributed by atoms with E-state index in [1.807, 2.05) is 32.7 Å². The van der Waals surface area contributed by atoms with Crippen LogP contribution in [0.5, 0.6) is 0 Å². The minimum Gasteiger partial charge on any atom is -0.383 e. The number of methoxy groups -OCH3 is 1. The Hall–Kier alpha value is -0.410. The van der Waals surface area contributed by atoms with Crippen molar-refractivity contribution in [2.24, 2.45) is 5.41 Å². The molecule has 0 aliphatic rings. The molecule has 3 heteroatoms. The molecule has 0 aliphatic heterocycles. The molecule has 0 spiro atoms. The Labute approximate surface area is 87.4 Å². The third-order valence-electron chi connectivity index (χ3n) is 2.39. The molecule has 0 aromatic rings. The zero-order valence-electron chi connectivity index (χ0n) is 10.3. The molecule has 0 fully saturated rings. The molecule has 14 heavy (non-hydrogen) atoms. The minimum absolute atomic E-state index is 0.249. The largest absolute Gasteiger partial charge is 0.383 e. The van der Waals surface area contributed by atoms with Crippen molar-refractivity contribution >= 4 is 5.78 Å². The molecule has 0 aliphatic carbocycles. The number of hydrogen-bond donors (Lipinski definition) is 0. The van der Waals surface area contributed by atoms with Gasteiger partial charge in [0.05, 0.1) is 13.2 Å². The van der Waals surface area contributed by atoms with E-state index in [1.54, 1.807) is 7.11 Å². The summed E-state index contributed by atoms with van der Waals surface area (Å²) in [5, 5.41) is 0. The van der Waals surface area contributed by atoms with Crippen LogP contribution in [-0.4, -0.2) is 44.0 Å². The average molecular weight is 201 g/mol. The van der Waals surface area contributed by atoms with Crippen LogP contribution >= 0.6 is 0 Å². The van der Waals surface area contributed by atoms with E-state index in [-0.39, 0.29) is 17.2 Å². The Bertz CT molecular complexity index is 184. The van der Waals surface area contributed by atoms with Crippen molar-refractivity contribution in [3.63, 3.8) is 0 Å². The maximum Gasteiger partial charge on any atom is 0.152 e. The van der Waals surface area contributed by atoms with Gasteiger partial charge in [-0.2, -0.15) is 0 Å². The Morgan fingerprint density at radius 1 is 1.43 bits per heavy atom. The lowest BCUT2D eigenvalue weighted by Gasteiger charge is -2.26. The van der Waals surface area contributed by atoms with E-state index in [1.165, 1.54) is 0 Å². The molecule has 0 N–H and O–H groups in total. The van der Waals surface area contributed by atoms with Crippen LogP contribution in [0.4, 0.5) is 0 Å². The molecule has 0 rings (SSSR count). The third-order valence-corrected chi connectivity index (χ3v) is 2.39. The summed E-state index contributed by atoms with van der Waals surface area (Å²) in [7, 11) is 3.63. The van der Waals surface area contributed by atoms with Crippen LogP contribution in [0.15, 0.2) is 0 Å². The van der Waals surface area contributed by atoms with Crippen molar-refractivity contribution in [3.8, 4) is 0 Å². The normalized spacial score (nSPS) is 14.5. The summed E-state index contributed by atoms with van der Waals surface area (Å²) in [5.74, 6) is 0.267. The number of carbonyl (C=O) groups is 1. The number of carbonyl (C=O) groups excluding carboxylic acids is 1. The van der Waals surface area contributed by atoms with Crippen molar-refractivity contribution in [1.29, 1.82) is 0 Å². The number of likely N-dealkylation sites (N-methyl/N-ethyl adjacent to an activating group) is 1. The number of Topliss-reactive ketones (excluding diaryl/α,β-unsaturated/α-hetero) is 1. The molecule has 0 heterocycles. The molecular weight excluding hydrogens is 178 g/mol. The van der Waals surface area contributed by atoms with Crippen LogP contribution in [0, 0.1) is 5.41 Å². The van der Waals surface area contributed by atoms with Crippen LogP contribution < -0.4 is 0 Å².